The van der Waals surface area contributed by atoms with Gasteiger partial charge >= 0.3 is 0 Å². The largest absolute Gasteiger partial charge is 0.472 e. The predicted molar refractivity (Wildman–Crippen MR) is 98.9 cm³/mol. The standard InChI is InChI=1S/C20H23N3O3/c1-2-12-21-17(24)11-7-14-23-19-16(10-6-13-22-19)26-18(20(23)25)15-8-4-3-5-9-15/h3-6,8-10,13,18H,2,7,11-12,14H2,1H3,(H,21,24). The number of ether oxygens (including phenoxy) is 1. The van der Waals surface area contributed by atoms with Gasteiger partial charge < -0.3 is 10.1 Å². The minimum absolute atomic E-state index is 0.00779. The number of aromatic nitrogens is 1. The predicted octanol–water partition coefficient (Wildman–Crippen LogP) is 2.85. The van der Waals surface area contributed by atoms with Gasteiger partial charge in [0.05, 0.1) is 0 Å². The first-order valence-corrected chi connectivity index (χ1v) is 8.95. The molecule has 2 heterocycles. The molecule has 0 radical (unpaired) electrons. The van der Waals surface area contributed by atoms with Crippen LogP contribution in [0.5, 0.6) is 5.75 Å². The number of anilines is 1. The highest BCUT2D eigenvalue weighted by atomic mass is 16.5. The van der Waals surface area contributed by atoms with Crippen LogP contribution < -0.4 is 15.0 Å². The Morgan fingerprint density at radius 1 is 1.23 bits per heavy atom. The average molecular weight is 353 g/mol. The van der Waals surface area contributed by atoms with Crippen molar-refractivity contribution in [2.75, 3.05) is 18.0 Å². The number of amides is 2. The van der Waals surface area contributed by atoms with Crippen LogP contribution in [0.2, 0.25) is 0 Å². The molecular weight excluding hydrogens is 330 g/mol. The lowest BCUT2D eigenvalue weighted by Gasteiger charge is -2.33. The fraction of sp³-hybridized carbons (Fsp3) is 0.350. The van der Waals surface area contributed by atoms with Crippen molar-refractivity contribution in [1.82, 2.24) is 10.3 Å². The van der Waals surface area contributed by atoms with Crippen molar-refractivity contribution in [1.29, 1.82) is 0 Å². The molecule has 0 saturated carbocycles. The highest BCUT2D eigenvalue weighted by Gasteiger charge is 2.36. The molecule has 1 aliphatic rings. The number of hydrogen-bond acceptors (Lipinski definition) is 4. The van der Waals surface area contributed by atoms with E-state index in [1.165, 1.54) is 0 Å². The second-order valence-electron chi connectivity index (χ2n) is 6.18. The van der Waals surface area contributed by atoms with Crippen molar-refractivity contribution in [2.45, 2.75) is 32.3 Å². The second kappa shape index (κ2) is 8.47. The lowest BCUT2D eigenvalue weighted by atomic mass is 10.1. The molecule has 0 fully saturated rings. The first kappa shape index (κ1) is 17.9. The Balaban J connectivity index is 1.74. The Bertz CT molecular complexity index is 764. The van der Waals surface area contributed by atoms with Crippen LogP contribution in [-0.4, -0.2) is 29.9 Å². The number of nitrogens with one attached hydrogen (secondary N) is 1. The van der Waals surface area contributed by atoms with Crippen molar-refractivity contribution in [2.24, 2.45) is 0 Å². The number of benzene rings is 1. The van der Waals surface area contributed by atoms with Gasteiger partial charge in [0.1, 0.15) is 0 Å². The molecule has 1 N–H and O–H groups in total. The molecule has 1 aliphatic heterocycles. The molecule has 2 amide bonds. The van der Waals surface area contributed by atoms with Crippen LogP contribution in [0, 0.1) is 0 Å². The van der Waals surface area contributed by atoms with Gasteiger partial charge in [0.2, 0.25) is 12.0 Å². The van der Waals surface area contributed by atoms with E-state index in [1.54, 1.807) is 17.2 Å². The molecule has 1 atom stereocenters. The Labute approximate surface area is 153 Å². The molecular formula is C20H23N3O3. The Morgan fingerprint density at radius 2 is 2.04 bits per heavy atom. The van der Waals surface area contributed by atoms with Crippen LogP contribution in [0.1, 0.15) is 37.9 Å². The van der Waals surface area contributed by atoms with E-state index in [2.05, 4.69) is 10.3 Å². The number of nitrogens with zero attached hydrogens (tertiary/aromatic N) is 2. The third kappa shape index (κ3) is 4.02. The summed E-state index contributed by atoms with van der Waals surface area (Å²) in [6.45, 7) is 3.11. The summed E-state index contributed by atoms with van der Waals surface area (Å²) in [4.78, 5) is 30.7. The van der Waals surface area contributed by atoms with E-state index < -0.39 is 6.10 Å². The molecule has 0 saturated heterocycles. The van der Waals surface area contributed by atoms with E-state index in [0.717, 1.165) is 12.0 Å². The molecule has 26 heavy (non-hydrogen) atoms. The van der Waals surface area contributed by atoms with Gasteiger partial charge in [-0.05, 0) is 25.0 Å². The first-order chi connectivity index (χ1) is 12.7. The zero-order valence-electron chi connectivity index (χ0n) is 14.9. The summed E-state index contributed by atoms with van der Waals surface area (Å²) >= 11 is 0. The lowest BCUT2D eigenvalue weighted by Crippen LogP contribution is -2.42. The topological polar surface area (TPSA) is 71.5 Å². The second-order valence-corrected chi connectivity index (χ2v) is 6.18. The number of pyridine rings is 1. The third-order valence-corrected chi connectivity index (χ3v) is 4.20. The molecule has 0 bridgehead atoms. The zero-order valence-corrected chi connectivity index (χ0v) is 14.9. The van der Waals surface area contributed by atoms with Gasteiger partial charge in [0.15, 0.2) is 11.6 Å². The van der Waals surface area contributed by atoms with Gasteiger partial charge in [-0.25, -0.2) is 4.98 Å². The van der Waals surface area contributed by atoms with Crippen LogP contribution in [-0.2, 0) is 9.59 Å². The van der Waals surface area contributed by atoms with Crippen LogP contribution >= 0.6 is 0 Å². The van der Waals surface area contributed by atoms with Crippen molar-refractivity contribution < 1.29 is 14.3 Å². The summed E-state index contributed by atoms with van der Waals surface area (Å²) in [6, 6.07) is 13.0. The van der Waals surface area contributed by atoms with Crippen LogP contribution in [0.25, 0.3) is 0 Å². The number of fused-ring (bicyclic) bond motifs is 1. The molecule has 0 spiro atoms. The highest BCUT2D eigenvalue weighted by molar-refractivity contribution is 5.99. The van der Waals surface area contributed by atoms with E-state index in [-0.39, 0.29) is 11.8 Å². The third-order valence-electron chi connectivity index (χ3n) is 4.20. The molecule has 2 aromatic rings. The average Bonchev–Trinajstić information content (AvgIpc) is 2.68. The Hall–Kier alpha value is -2.89. The Morgan fingerprint density at radius 3 is 2.81 bits per heavy atom. The number of hydrogen-bond donors (Lipinski definition) is 1. The number of carbonyl (C=O) groups excluding carboxylic acids is 2. The van der Waals surface area contributed by atoms with Gasteiger partial charge in [-0.2, -0.15) is 0 Å². The van der Waals surface area contributed by atoms with E-state index in [1.807, 2.05) is 43.3 Å². The summed E-state index contributed by atoms with van der Waals surface area (Å²) in [6.07, 6.45) is 2.80. The Kier molecular flexibility index (Phi) is 5.84. The normalized spacial score (nSPS) is 16.0. The SMILES string of the molecule is CCCNC(=O)CCCN1C(=O)C(c2ccccc2)Oc2cccnc21. The highest BCUT2D eigenvalue weighted by Crippen LogP contribution is 2.37. The van der Waals surface area contributed by atoms with Crippen LogP contribution in [0.15, 0.2) is 48.7 Å². The van der Waals surface area contributed by atoms with Crippen molar-refractivity contribution in [3.05, 3.63) is 54.2 Å². The molecule has 3 rings (SSSR count). The van der Waals surface area contributed by atoms with E-state index in [0.29, 0.717) is 37.5 Å². The van der Waals surface area contributed by atoms with E-state index in [4.69, 9.17) is 4.74 Å². The molecule has 136 valence electrons. The van der Waals surface area contributed by atoms with Crippen LogP contribution in [0.3, 0.4) is 0 Å². The molecule has 0 aliphatic carbocycles. The van der Waals surface area contributed by atoms with Gasteiger partial charge in [-0.15, -0.1) is 0 Å². The van der Waals surface area contributed by atoms with Crippen molar-refractivity contribution in [3.8, 4) is 5.75 Å². The maximum absolute atomic E-state index is 13.0. The molecule has 6 heteroatoms. The summed E-state index contributed by atoms with van der Waals surface area (Å²) in [5.74, 6) is 0.944. The van der Waals surface area contributed by atoms with Gasteiger partial charge in [-0.3, -0.25) is 14.5 Å². The molecule has 6 nitrogen and oxygen atoms in total. The number of carbonyl (C=O) groups is 2. The maximum atomic E-state index is 13.0. The van der Waals surface area contributed by atoms with E-state index in [9.17, 15) is 9.59 Å². The lowest BCUT2D eigenvalue weighted by molar-refractivity contribution is -0.127. The fourth-order valence-corrected chi connectivity index (χ4v) is 2.91. The maximum Gasteiger partial charge on any atom is 0.274 e. The summed E-state index contributed by atoms with van der Waals surface area (Å²) in [5, 5.41) is 2.85. The van der Waals surface area contributed by atoms with Gasteiger partial charge in [-0.1, -0.05) is 37.3 Å². The van der Waals surface area contributed by atoms with Crippen molar-refractivity contribution in [3.63, 3.8) is 0 Å². The monoisotopic (exact) mass is 353 g/mol. The van der Waals surface area contributed by atoms with Gasteiger partial charge in [0, 0.05) is 31.3 Å². The summed E-state index contributed by atoms with van der Waals surface area (Å²) in [5.41, 5.74) is 0.803. The number of rotatable bonds is 7. The molecule has 1 aromatic heterocycles. The van der Waals surface area contributed by atoms with Crippen molar-refractivity contribution >= 4 is 17.6 Å². The van der Waals surface area contributed by atoms with Crippen LogP contribution in [0.4, 0.5) is 5.82 Å². The molecule has 1 unspecified atom stereocenters. The smallest absolute Gasteiger partial charge is 0.274 e. The molecule has 1 aromatic carbocycles. The fourth-order valence-electron chi connectivity index (χ4n) is 2.91. The van der Waals surface area contributed by atoms with Gasteiger partial charge in [0.25, 0.3) is 5.91 Å². The summed E-state index contributed by atoms with van der Waals surface area (Å²) in [7, 11) is 0. The minimum atomic E-state index is -0.693. The van der Waals surface area contributed by atoms with E-state index >= 15 is 0 Å². The first-order valence-electron chi connectivity index (χ1n) is 8.95. The quantitative estimate of drug-likeness (QED) is 0.831. The zero-order chi connectivity index (χ0) is 18.4. The minimum Gasteiger partial charge on any atom is -0.472 e. The summed E-state index contributed by atoms with van der Waals surface area (Å²) < 4.78 is 5.91.